The highest BCUT2D eigenvalue weighted by Crippen LogP contribution is 2.31. The van der Waals surface area contributed by atoms with Gasteiger partial charge in [-0.3, -0.25) is 35.5 Å². The van der Waals surface area contributed by atoms with Crippen LogP contribution in [0, 0.1) is 0 Å². The van der Waals surface area contributed by atoms with Gasteiger partial charge in [0.1, 0.15) is 17.1 Å². The number of carbonyl (C=O) groups excluding carboxylic acids is 4. The van der Waals surface area contributed by atoms with Crippen LogP contribution in [0.1, 0.15) is 59.5 Å². The first kappa shape index (κ1) is 44.1. The number of nitrogens with zero attached hydrogens (tertiary/aromatic N) is 2. The fourth-order valence-corrected chi connectivity index (χ4v) is 4.60. The Morgan fingerprint density at radius 2 is 0.949 bits per heavy atom. The summed E-state index contributed by atoms with van der Waals surface area (Å²) in [6.45, 7) is 1.49. The fraction of sp³-hybridized carbons (Fsp3) is 0.0732. The van der Waals surface area contributed by atoms with Gasteiger partial charge in [-0.25, -0.2) is 15.8 Å². The largest absolute Gasteiger partial charge is 0.438 e. The molecule has 0 spiro atoms. The zero-order valence-electron chi connectivity index (χ0n) is 30.5. The molecular weight excluding hydrogens is 786 g/mol. The molecule has 0 aliphatic rings. The molecule has 2 heterocycles. The predicted molar refractivity (Wildman–Crippen MR) is 201 cm³/mol. The first-order valence-electron chi connectivity index (χ1n) is 16.9. The number of halogens is 6. The third-order valence-corrected chi connectivity index (χ3v) is 7.41. The van der Waals surface area contributed by atoms with Crippen LogP contribution in [-0.4, -0.2) is 33.5 Å². The van der Waals surface area contributed by atoms with Gasteiger partial charge in [-0.05, 0) is 91.9 Å². The van der Waals surface area contributed by atoms with Gasteiger partial charge in [-0.2, -0.15) is 26.3 Å². The van der Waals surface area contributed by atoms with Crippen LogP contribution >= 0.6 is 0 Å². The number of nitrogens with two attached hydrogens (primary N) is 1. The molecule has 0 unspecified atom stereocenters. The molecule has 2 aromatic heterocycles. The number of hydrogen-bond acceptors (Lipinski definition) is 9. The predicted octanol–water partition coefficient (Wildman–Crippen LogP) is 8.35. The average Bonchev–Trinajstić information content (AvgIpc) is 3.23. The van der Waals surface area contributed by atoms with Crippen LogP contribution in [0.2, 0.25) is 0 Å². The second-order valence-electron chi connectivity index (χ2n) is 11.6. The molecule has 0 aliphatic carbocycles. The van der Waals surface area contributed by atoms with Crippen LogP contribution in [0.3, 0.4) is 0 Å². The highest BCUT2D eigenvalue weighted by Gasteiger charge is 2.31. The molecule has 6 aromatic rings. The summed E-state index contributed by atoms with van der Waals surface area (Å²) < 4.78 is 85.9. The lowest BCUT2D eigenvalue weighted by atomic mass is 10.1. The monoisotopic (exact) mass is 818 g/mol. The van der Waals surface area contributed by atoms with Crippen LogP contribution in [0.15, 0.2) is 146 Å². The number of carbonyl (C=O) groups is 4. The van der Waals surface area contributed by atoms with Crippen LogP contribution < -0.4 is 31.6 Å². The molecule has 5 N–H and O–H groups in total. The van der Waals surface area contributed by atoms with Gasteiger partial charge >= 0.3 is 12.4 Å². The Kier molecular flexibility index (Phi) is 15.4. The minimum absolute atomic E-state index is 0.00418. The van der Waals surface area contributed by atoms with Crippen molar-refractivity contribution < 1.29 is 55.0 Å². The number of alkyl halides is 6. The van der Waals surface area contributed by atoms with Gasteiger partial charge in [0, 0.05) is 23.5 Å². The Bertz CT molecular complexity index is 2360. The minimum atomic E-state index is -4.58. The number of ketones is 1. The summed E-state index contributed by atoms with van der Waals surface area (Å²) in [5.74, 6) is 3.80. The highest BCUT2D eigenvalue weighted by atomic mass is 19.4. The van der Waals surface area contributed by atoms with Crippen molar-refractivity contribution in [3.8, 4) is 23.3 Å². The molecule has 6 rings (SSSR count). The standard InChI is InChI=1S/C20H14F3N3O3.C13H11NO2.C8H7F3N2O/c21-20(22,23)14-7-4-6-13(12-14)17(27)25-26-18(28)16-10-5-11-24-19(16)29-15-8-2-1-3-9-15;1-10(15)12-8-5-9-14-13(12)16-11-6-3-2-4-7-11;9-8(10,11)6-3-1-2-5(4-6)7(14)13-12/h1-12H,(H,25,27)(H,26,28);2-9H,1H3;1-4H,12H2,(H,13,14). The van der Waals surface area contributed by atoms with Crippen molar-refractivity contribution >= 4 is 23.5 Å². The van der Waals surface area contributed by atoms with Crippen molar-refractivity contribution in [3.05, 3.63) is 179 Å². The van der Waals surface area contributed by atoms with Gasteiger partial charge in [-0.15, -0.1) is 0 Å². The zero-order chi connectivity index (χ0) is 43.0. The van der Waals surface area contributed by atoms with Gasteiger partial charge in [0.25, 0.3) is 17.7 Å². The third kappa shape index (κ3) is 13.5. The summed E-state index contributed by atoms with van der Waals surface area (Å²) in [4.78, 5) is 54.8. The molecule has 304 valence electrons. The molecule has 3 amide bonds. The Hall–Kier alpha value is -7.60. The summed E-state index contributed by atoms with van der Waals surface area (Å²) >= 11 is 0. The summed E-state index contributed by atoms with van der Waals surface area (Å²) in [7, 11) is 0. The molecule has 0 bridgehead atoms. The maximum absolute atomic E-state index is 12.8. The smallest absolute Gasteiger partial charge is 0.416 e. The number of hydrogen-bond donors (Lipinski definition) is 4. The number of Topliss-reactive ketones (excluding diaryl/α,β-unsaturated/α-hetero) is 1. The number of hydrazine groups is 2. The second-order valence-corrected chi connectivity index (χ2v) is 11.6. The van der Waals surface area contributed by atoms with Crippen molar-refractivity contribution in [2.45, 2.75) is 19.3 Å². The van der Waals surface area contributed by atoms with E-state index in [1.165, 1.54) is 37.4 Å². The number of rotatable bonds is 8. The lowest BCUT2D eigenvalue weighted by molar-refractivity contribution is -0.138. The van der Waals surface area contributed by atoms with E-state index in [2.05, 4.69) is 20.8 Å². The Morgan fingerprint density at radius 1 is 0.525 bits per heavy atom. The van der Waals surface area contributed by atoms with Gasteiger partial charge in [0.15, 0.2) is 5.78 Å². The Labute approximate surface area is 332 Å². The topological polar surface area (TPSA) is 175 Å². The normalized spacial score (nSPS) is 10.6. The van der Waals surface area contributed by atoms with E-state index in [9.17, 15) is 45.5 Å². The fourth-order valence-electron chi connectivity index (χ4n) is 4.60. The summed E-state index contributed by atoms with van der Waals surface area (Å²) in [6, 6.07) is 32.1. The van der Waals surface area contributed by atoms with E-state index in [4.69, 9.17) is 15.3 Å². The van der Waals surface area contributed by atoms with E-state index in [-0.39, 0.29) is 28.4 Å². The number of benzene rings is 4. The van der Waals surface area contributed by atoms with Gasteiger partial charge < -0.3 is 9.47 Å². The third-order valence-electron chi connectivity index (χ3n) is 7.41. The summed E-state index contributed by atoms with van der Waals surface area (Å²) in [6.07, 6.45) is -6.01. The quantitative estimate of drug-likeness (QED) is 0.0387. The summed E-state index contributed by atoms with van der Waals surface area (Å²) in [5, 5.41) is 0. The van der Waals surface area contributed by atoms with Gasteiger partial charge in [-0.1, -0.05) is 48.5 Å². The number of nitrogen functional groups attached to an aromatic ring is 1. The second kappa shape index (κ2) is 20.5. The maximum atomic E-state index is 12.8. The molecule has 18 heteroatoms. The molecule has 0 fully saturated rings. The number of amides is 3. The average molecular weight is 819 g/mol. The molecule has 4 aromatic carbocycles. The molecule has 0 aliphatic heterocycles. The molecule has 0 radical (unpaired) electrons. The van der Waals surface area contributed by atoms with Crippen molar-refractivity contribution in [2.75, 3.05) is 0 Å². The van der Waals surface area contributed by atoms with Crippen molar-refractivity contribution in [1.29, 1.82) is 0 Å². The minimum Gasteiger partial charge on any atom is -0.438 e. The number of ether oxygens (including phenoxy) is 2. The van der Waals surface area contributed by atoms with Crippen LogP contribution in [0.4, 0.5) is 26.3 Å². The van der Waals surface area contributed by atoms with Crippen LogP contribution in [0.25, 0.3) is 0 Å². The SMILES string of the molecule is CC(=O)c1cccnc1Oc1ccccc1.NNC(=O)c1cccc(C(F)(F)F)c1.O=C(NNC(=O)c1cccnc1Oc1ccccc1)c1cccc(C(F)(F)F)c1. The van der Waals surface area contributed by atoms with E-state index in [0.29, 0.717) is 29.0 Å². The summed E-state index contributed by atoms with van der Waals surface area (Å²) in [5.41, 5.74) is 4.27. The first-order chi connectivity index (χ1) is 28.1. The molecule has 0 atom stereocenters. The lowest BCUT2D eigenvalue weighted by Crippen LogP contribution is -2.41. The van der Waals surface area contributed by atoms with E-state index in [0.717, 1.165) is 30.3 Å². The van der Waals surface area contributed by atoms with Crippen LogP contribution in [-0.2, 0) is 12.4 Å². The lowest BCUT2D eigenvalue weighted by Gasteiger charge is -2.12. The van der Waals surface area contributed by atoms with Gasteiger partial charge in [0.2, 0.25) is 11.8 Å². The number of pyridine rings is 2. The maximum Gasteiger partial charge on any atom is 0.416 e. The van der Waals surface area contributed by atoms with E-state index in [1.54, 1.807) is 54.1 Å². The van der Waals surface area contributed by atoms with E-state index >= 15 is 0 Å². The molecular formula is C41H32F6N6O6. The molecule has 12 nitrogen and oxygen atoms in total. The molecule has 0 saturated heterocycles. The number of nitrogens with one attached hydrogen (secondary N) is 3. The Balaban J connectivity index is 0.000000216. The highest BCUT2D eigenvalue weighted by molar-refractivity contribution is 6.00. The number of aromatic nitrogens is 2. The number of para-hydroxylation sites is 2. The van der Waals surface area contributed by atoms with E-state index < -0.39 is 41.2 Å². The van der Waals surface area contributed by atoms with E-state index in [1.807, 2.05) is 30.3 Å². The van der Waals surface area contributed by atoms with Gasteiger partial charge in [0.05, 0.1) is 16.7 Å². The Morgan fingerprint density at radius 3 is 1.39 bits per heavy atom. The zero-order valence-corrected chi connectivity index (χ0v) is 30.5. The van der Waals surface area contributed by atoms with Crippen molar-refractivity contribution in [3.63, 3.8) is 0 Å². The molecule has 59 heavy (non-hydrogen) atoms. The molecule has 0 saturated carbocycles. The van der Waals surface area contributed by atoms with Crippen LogP contribution in [0.5, 0.6) is 23.3 Å². The first-order valence-corrected chi connectivity index (χ1v) is 16.9. The van der Waals surface area contributed by atoms with Crippen molar-refractivity contribution in [1.82, 2.24) is 26.2 Å². The van der Waals surface area contributed by atoms with Crippen molar-refractivity contribution in [2.24, 2.45) is 5.84 Å².